The van der Waals surface area contributed by atoms with Gasteiger partial charge in [0, 0.05) is 0 Å². The fraction of sp³-hybridized carbons (Fsp3) is 0.500. The summed E-state index contributed by atoms with van der Waals surface area (Å²) in [5.74, 6) is 0. The Morgan fingerprint density at radius 1 is 1.33 bits per heavy atom. The molecule has 1 N–H and O–H groups in total. The Balaban J connectivity index is 2.24. The molecule has 0 aliphatic rings. The average Bonchev–Trinajstić information content (AvgIpc) is 2.79. The second kappa shape index (κ2) is 5.68. The normalized spacial score (nSPS) is 12.6. The topological polar surface area (TPSA) is 68.5 Å². The molecule has 0 fully saturated rings. The zero-order valence-electron chi connectivity index (χ0n) is 11.0. The first-order chi connectivity index (χ1) is 8.74. The fourth-order valence-corrected chi connectivity index (χ4v) is 1.84. The number of aromatic nitrogens is 5. The fourth-order valence-electron chi connectivity index (χ4n) is 1.84. The number of hydrogen-bond donors (Lipinski definition) is 1. The molecule has 6 nitrogen and oxygen atoms in total. The third-order valence-electron chi connectivity index (χ3n) is 2.83. The first kappa shape index (κ1) is 12.6. The Morgan fingerprint density at radius 3 is 2.72 bits per heavy atom. The van der Waals surface area contributed by atoms with Gasteiger partial charge in [0.25, 0.3) is 0 Å². The van der Waals surface area contributed by atoms with Crippen molar-refractivity contribution in [3.05, 3.63) is 30.1 Å². The first-order valence-electron chi connectivity index (χ1n) is 6.15. The lowest BCUT2D eigenvalue weighted by molar-refractivity contribution is 0.555. The van der Waals surface area contributed by atoms with Crippen LogP contribution in [-0.2, 0) is 0 Å². The van der Waals surface area contributed by atoms with E-state index >= 15 is 0 Å². The third kappa shape index (κ3) is 2.53. The van der Waals surface area contributed by atoms with Crippen LogP contribution in [0.25, 0.3) is 5.69 Å². The maximum absolute atomic E-state index is 4.24. The molecule has 0 radical (unpaired) electrons. The van der Waals surface area contributed by atoms with Gasteiger partial charge >= 0.3 is 0 Å². The van der Waals surface area contributed by atoms with Gasteiger partial charge in [-0.2, -0.15) is 0 Å². The van der Waals surface area contributed by atoms with Crippen molar-refractivity contribution < 1.29 is 0 Å². The summed E-state index contributed by atoms with van der Waals surface area (Å²) in [4.78, 5) is 7.98. The molecular formula is C12H18N6. The third-order valence-corrected chi connectivity index (χ3v) is 2.83. The zero-order chi connectivity index (χ0) is 13.0. The average molecular weight is 246 g/mol. The van der Waals surface area contributed by atoms with Crippen LogP contribution in [0.3, 0.4) is 0 Å². The van der Waals surface area contributed by atoms with E-state index in [0.717, 1.165) is 30.0 Å². The number of rotatable bonds is 5. The molecule has 0 saturated heterocycles. The van der Waals surface area contributed by atoms with Gasteiger partial charge in [0.15, 0.2) is 0 Å². The highest BCUT2D eigenvalue weighted by molar-refractivity contribution is 5.28. The maximum atomic E-state index is 4.24. The minimum Gasteiger partial charge on any atom is -0.309 e. The summed E-state index contributed by atoms with van der Waals surface area (Å²) < 4.78 is 1.76. The van der Waals surface area contributed by atoms with Crippen molar-refractivity contribution in [1.29, 1.82) is 0 Å². The van der Waals surface area contributed by atoms with Gasteiger partial charge < -0.3 is 5.32 Å². The quantitative estimate of drug-likeness (QED) is 0.864. The molecular weight excluding hydrogens is 228 g/mol. The van der Waals surface area contributed by atoms with Crippen LogP contribution in [0.1, 0.15) is 37.7 Å². The smallest absolute Gasteiger partial charge is 0.115 e. The molecule has 0 spiro atoms. The predicted molar refractivity (Wildman–Crippen MR) is 68.4 cm³/mol. The summed E-state index contributed by atoms with van der Waals surface area (Å²) in [5, 5.41) is 11.8. The summed E-state index contributed by atoms with van der Waals surface area (Å²) in [7, 11) is 0. The van der Waals surface area contributed by atoms with Gasteiger partial charge in [-0.15, -0.1) is 5.10 Å². The number of nitrogens with one attached hydrogen (secondary N) is 1. The Hall–Kier alpha value is -1.82. The second-order valence-electron chi connectivity index (χ2n) is 4.24. The Morgan fingerprint density at radius 2 is 2.06 bits per heavy atom. The van der Waals surface area contributed by atoms with E-state index in [-0.39, 0.29) is 6.04 Å². The summed E-state index contributed by atoms with van der Waals surface area (Å²) in [5.41, 5.74) is 2.81. The van der Waals surface area contributed by atoms with Gasteiger partial charge in [0.1, 0.15) is 17.7 Å². The van der Waals surface area contributed by atoms with Crippen LogP contribution in [0.5, 0.6) is 0 Å². The summed E-state index contributed by atoms with van der Waals surface area (Å²) in [6.45, 7) is 7.22. The monoisotopic (exact) mass is 246 g/mol. The van der Waals surface area contributed by atoms with Gasteiger partial charge in [-0.3, -0.25) is 0 Å². The van der Waals surface area contributed by atoms with E-state index in [1.165, 1.54) is 6.33 Å². The lowest BCUT2D eigenvalue weighted by atomic mass is 10.2. The van der Waals surface area contributed by atoms with Crippen LogP contribution < -0.4 is 5.32 Å². The summed E-state index contributed by atoms with van der Waals surface area (Å²) in [6, 6.07) is 0.198. The Labute approximate surface area is 106 Å². The van der Waals surface area contributed by atoms with Gasteiger partial charge in [0.05, 0.1) is 24.1 Å². The van der Waals surface area contributed by atoms with Crippen molar-refractivity contribution in [3.63, 3.8) is 0 Å². The van der Waals surface area contributed by atoms with Crippen LogP contribution in [-0.4, -0.2) is 31.5 Å². The predicted octanol–water partition coefficient (Wildman–Crippen LogP) is 1.43. The van der Waals surface area contributed by atoms with Gasteiger partial charge in [-0.1, -0.05) is 12.1 Å². The second-order valence-corrected chi connectivity index (χ2v) is 4.24. The molecule has 2 aromatic heterocycles. The molecule has 1 atom stereocenters. The molecule has 96 valence electrons. The van der Waals surface area contributed by atoms with Crippen molar-refractivity contribution in [2.75, 3.05) is 6.54 Å². The van der Waals surface area contributed by atoms with Crippen LogP contribution in [0.15, 0.2) is 18.7 Å². The van der Waals surface area contributed by atoms with E-state index in [0.29, 0.717) is 0 Å². The van der Waals surface area contributed by atoms with E-state index in [1.807, 2.05) is 6.92 Å². The van der Waals surface area contributed by atoms with E-state index < -0.39 is 0 Å². The highest BCUT2D eigenvalue weighted by atomic mass is 15.4. The van der Waals surface area contributed by atoms with Gasteiger partial charge in [0.2, 0.25) is 0 Å². The van der Waals surface area contributed by atoms with Crippen LogP contribution in [0, 0.1) is 6.92 Å². The van der Waals surface area contributed by atoms with E-state index in [2.05, 4.69) is 39.4 Å². The molecule has 0 saturated carbocycles. The molecule has 1 unspecified atom stereocenters. The molecule has 0 bridgehead atoms. The maximum Gasteiger partial charge on any atom is 0.115 e. The number of hydrogen-bond acceptors (Lipinski definition) is 5. The molecule has 2 heterocycles. The van der Waals surface area contributed by atoms with E-state index in [4.69, 9.17) is 0 Å². The van der Waals surface area contributed by atoms with Crippen molar-refractivity contribution in [2.45, 2.75) is 33.2 Å². The van der Waals surface area contributed by atoms with Gasteiger partial charge in [-0.05, 0) is 26.8 Å². The van der Waals surface area contributed by atoms with Crippen molar-refractivity contribution in [3.8, 4) is 5.69 Å². The SMILES string of the molecule is CCCNC(C)c1nnn(-c2cncnc2)c1C. The Kier molecular flexibility index (Phi) is 3.99. The van der Waals surface area contributed by atoms with Crippen LogP contribution in [0.2, 0.25) is 0 Å². The van der Waals surface area contributed by atoms with E-state index in [1.54, 1.807) is 17.1 Å². The standard InChI is InChI=1S/C12H18N6/c1-4-5-15-9(2)12-10(3)18(17-16-12)11-6-13-8-14-7-11/h6-9,15H,4-5H2,1-3H3. The van der Waals surface area contributed by atoms with Crippen molar-refractivity contribution in [2.24, 2.45) is 0 Å². The highest BCUT2D eigenvalue weighted by Gasteiger charge is 2.15. The van der Waals surface area contributed by atoms with E-state index in [9.17, 15) is 0 Å². The molecule has 2 aromatic rings. The first-order valence-corrected chi connectivity index (χ1v) is 6.15. The van der Waals surface area contributed by atoms with Crippen LogP contribution >= 0.6 is 0 Å². The molecule has 0 aliphatic carbocycles. The minimum atomic E-state index is 0.198. The molecule has 0 amide bonds. The number of nitrogens with zero attached hydrogens (tertiary/aromatic N) is 5. The van der Waals surface area contributed by atoms with Gasteiger partial charge in [-0.25, -0.2) is 14.6 Å². The molecule has 6 heteroatoms. The molecule has 18 heavy (non-hydrogen) atoms. The minimum absolute atomic E-state index is 0.198. The lowest BCUT2D eigenvalue weighted by Gasteiger charge is -2.11. The molecule has 0 aromatic carbocycles. The largest absolute Gasteiger partial charge is 0.309 e. The summed E-state index contributed by atoms with van der Waals surface area (Å²) >= 11 is 0. The molecule has 2 rings (SSSR count). The van der Waals surface area contributed by atoms with Crippen molar-refractivity contribution >= 4 is 0 Å². The Bertz CT molecular complexity index is 493. The van der Waals surface area contributed by atoms with Crippen molar-refractivity contribution in [1.82, 2.24) is 30.3 Å². The van der Waals surface area contributed by atoms with Crippen LogP contribution in [0.4, 0.5) is 0 Å². The lowest BCUT2D eigenvalue weighted by Crippen LogP contribution is -2.20. The summed E-state index contributed by atoms with van der Waals surface area (Å²) in [6.07, 6.45) is 6.05. The zero-order valence-corrected chi connectivity index (χ0v) is 11.0. The molecule has 0 aliphatic heterocycles. The highest BCUT2D eigenvalue weighted by Crippen LogP contribution is 2.16.